The van der Waals surface area contributed by atoms with Crippen molar-refractivity contribution in [3.8, 4) is 0 Å². The number of nitro groups is 1. The van der Waals surface area contributed by atoms with Crippen LogP contribution < -0.4 is 5.32 Å². The van der Waals surface area contributed by atoms with Crippen LogP contribution in [0.25, 0.3) is 10.9 Å². The lowest BCUT2D eigenvalue weighted by molar-refractivity contribution is -0.383. The minimum Gasteiger partial charge on any atom is -0.481 e. The summed E-state index contributed by atoms with van der Waals surface area (Å²) < 4.78 is 0. The summed E-state index contributed by atoms with van der Waals surface area (Å²) in [6.45, 7) is 0.351. The molecule has 116 valence electrons. The summed E-state index contributed by atoms with van der Waals surface area (Å²) in [6, 6.07) is 6.16. The van der Waals surface area contributed by atoms with Gasteiger partial charge in [-0.1, -0.05) is 12.1 Å². The molecule has 0 saturated heterocycles. The Labute approximate surface area is 125 Å². The van der Waals surface area contributed by atoms with Crippen molar-refractivity contribution in [2.24, 2.45) is 0 Å². The van der Waals surface area contributed by atoms with Gasteiger partial charge in [-0.2, -0.15) is 0 Å². The van der Waals surface area contributed by atoms with E-state index in [0.717, 1.165) is 0 Å². The van der Waals surface area contributed by atoms with Crippen LogP contribution >= 0.6 is 0 Å². The maximum Gasteiger partial charge on any atom is 0.303 e. The summed E-state index contributed by atoms with van der Waals surface area (Å²) in [5.74, 6) is -1.24. The number of hydrogen-bond acceptors (Lipinski definition) is 4. The molecule has 0 saturated carbocycles. The fourth-order valence-electron chi connectivity index (χ4n) is 2.11. The predicted octanol–water partition coefficient (Wildman–Crippen LogP) is 2.06. The first-order chi connectivity index (χ1) is 10.5. The number of non-ortho nitro benzene ring substituents is 1. The van der Waals surface area contributed by atoms with Crippen LogP contribution in [0.4, 0.5) is 5.69 Å². The Balaban J connectivity index is 2.01. The van der Waals surface area contributed by atoms with Crippen LogP contribution in [-0.4, -0.2) is 33.4 Å². The van der Waals surface area contributed by atoms with Crippen molar-refractivity contribution in [1.82, 2.24) is 10.3 Å². The zero-order valence-corrected chi connectivity index (χ0v) is 11.7. The molecule has 0 atom stereocenters. The number of carboxylic acid groups (broad SMARTS) is 1. The lowest BCUT2D eigenvalue weighted by Crippen LogP contribution is -2.24. The number of unbranched alkanes of at least 4 members (excludes halogenated alkanes) is 1. The van der Waals surface area contributed by atoms with E-state index in [1.54, 1.807) is 18.2 Å². The number of para-hydroxylation sites is 1. The van der Waals surface area contributed by atoms with Crippen LogP contribution in [0.15, 0.2) is 24.3 Å². The first-order valence-corrected chi connectivity index (χ1v) is 6.75. The molecule has 22 heavy (non-hydrogen) atoms. The molecule has 2 rings (SSSR count). The highest BCUT2D eigenvalue weighted by atomic mass is 16.6. The number of fused-ring (bicyclic) bond motifs is 1. The highest BCUT2D eigenvalue weighted by Gasteiger charge is 2.16. The van der Waals surface area contributed by atoms with Gasteiger partial charge in [0.15, 0.2) is 0 Å². The van der Waals surface area contributed by atoms with E-state index in [1.165, 1.54) is 6.07 Å². The fourth-order valence-corrected chi connectivity index (χ4v) is 2.11. The average Bonchev–Trinajstić information content (AvgIpc) is 2.89. The summed E-state index contributed by atoms with van der Waals surface area (Å²) in [7, 11) is 0. The molecule has 1 amide bonds. The number of nitro benzene ring substituents is 1. The van der Waals surface area contributed by atoms with Gasteiger partial charge < -0.3 is 15.4 Å². The number of aromatic amines is 1. The van der Waals surface area contributed by atoms with Gasteiger partial charge in [0.2, 0.25) is 0 Å². The Morgan fingerprint density at radius 1 is 1.32 bits per heavy atom. The van der Waals surface area contributed by atoms with Gasteiger partial charge in [0.05, 0.1) is 4.92 Å². The van der Waals surface area contributed by atoms with Gasteiger partial charge in [0.1, 0.15) is 11.2 Å². The molecule has 0 aliphatic carbocycles. The largest absolute Gasteiger partial charge is 0.481 e. The molecule has 3 N–H and O–H groups in total. The first-order valence-electron chi connectivity index (χ1n) is 6.75. The predicted molar refractivity (Wildman–Crippen MR) is 78.8 cm³/mol. The Morgan fingerprint density at radius 3 is 2.77 bits per heavy atom. The number of aromatic nitrogens is 1. The Hall–Kier alpha value is -2.90. The molecule has 0 radical (unpaired) electrons. The highest BCUT2D eigenvalue weighted by Crippen LogP contribution is 2.25. The van der Waals surface area contributed by atoms with Crippen LogP contribution in [0.3, 0.4) is 0 Å². The van der Waals surface area contributed by atoms with E-state index in [4.69, 9.17) is 5.11 Å². The molecule has 1 aromatic heterocycles. The van der Waals surface area contributed by atoms with Gasteiger partial charge >= 0.3 is 5.97 Å². The summed E-state index contributed by atoms with van der Waals surface area (Å²) in [5.41, 5.74) is 0.462. The zero-order valence-electron chi connectivity index (χ0n) is 11.7. The van der Waals surface area contributed by atoms with Crippen molar-refractivity contribution in [1.29, 1.82) is 0 Å². The van der Waals surface area contributed by atoms with Crippen LogP contribution in [0.2, 0.25) is 0 Å². The van der Waals surface area contributed by atoms with Gasteiger partial charge in [-0.15, -0.1) is 0 Å². The summed E-state index contributed by atoms with van der Waals surface area (Å²) in [4.78, 5) is 35.5. The number of rotatable bonds is 7. The molecule has 0 unspecified atom stereocenters. The van der Waals surface area contributed by atoms with Gasteiger partial charge in [0, 0.05) is 24.4 Å². The molecule has 8 heteroatoms. The van der Waals surface area contributed by atoms with Crippen molar-refractivity contribution < 1.29 is 19.6 Å². The molecule has 0 aliphatic rings. The van der Waals surface area contributed by atoms with Crippen LogP contribution in [0, 0.1) is 10.1 Å². The van der Waals surface area contributed by atoms with Crippen molar-refractivity contribution in [3.63, 3.8) is 0 Å². The second-order valence-electron chi connectivity index (χ2n) is 4.79. The Bertz CT molecular complexity index is 722. The molecule has 0 spiro atoms. The summed E-state index contributed by atoms with van der Waals surface area (Å²) >= 11 is 0. The molecule has 2 aromatic rings. The van der Waals surface area contributed by atoms with Gasteiger partial charge in [-0.05, 0) is 18.9 Å². The van der Waals surface area contributed by atoms with E-state index in [-0.39, 0.29) is 23.7 Å². The molecular weight excluding hydrogens is 290 g/mol. The van der Waals surface area contributed by atoms with E-state index in [1.807, 2.05) is 0 Å². The number of amides is 1. The first kappa shape index (κ1) is 15.5. The number of benzene rings is 1. The number of carboxylic acids is 1. The zero-order chi connectivity index (χ0) is 16.1. The minimum atomic E-state index is -0.866. The standard InChI is InChI=1S/C14H15N3O5/c18-12(19)6-1-2-7-15-14(20)10-8-9-4-3-5-11(17(21)22)13(9)16-10/h3-5,8,16H,1-2,6-7H2,(H,15,20)(H,18,19). The van der Waals surface area contributed by atoms with E-state index in [9.17, 15) is 19.7 Å². The van der Waals surface area contributed by atoms with E-state index in [0.29, 0.717) is 30.3 Å². The third-order valence-corrected chi connectivity index (χ3v) is 3.18. The normalized spacial score (nSPS) is 10.5. The lowest BCUT2D eigenvalue weighted by atomic mass is 10.2. The van der Waals surface area contributed by atoms with Crippen molar-refractivity contribution in [3.05, 3.63) is 40.1 Å². The van der Waals surface area contributed by atoms with Gasteiger partial charge in [0.25, 0.3) is 11.6 Å². The van der Waals surface area contributed by atoms with Gasteiger partial charge in [-0.3, -0.25) is 19.7 Å². The maximum absolute atomic E-state index is 12.0. The van der Waals surface area contributed by atoms with Crippen LogP contribution in [-0.2, 0) is 4.79 Å². The molecule has 0 fully saturated rings. The van der Waals surface area contributed by atoms with Crippen molar-refractivity contribution in [2.75, 3.05) is 6.54 Å². The molecular formula is C14H15N3O5. The average molecular weight is 305 g/mol. The lowest BCUT2D eigenvalue weighted by Gasteiger charge is -2.02. The summed E-state index contributed by atoms with van der Waals surface area (Å²) in [6.07, 6.45) is 1.10. The highest BCUT2D eigenvalue weighted by molar-refractivity contribution is 6.00. The molecule has 0 aliphatic heterocycles. The summed E-state index contributed by atoms with van der Waals surface area (Å²) in [5, 5.41) is 22.7. The number of hydrogen-bond donors (Lipinski definition) is 3. The Morgan fingerprint density at radius 2 is 2.09 bits per heavy atom. The second kappa shape index (κ2) is 6.70. The molecule has 8 nitrogen and oxygen atoms in total. The number of aliphatic carboxylic acids is 1. The van der Waals surface area contributed by atoms with Crippen molar-refractivity contribution in [2.45, 2.75) is 19.3 Å². The second-order valence-corrected chi connectivity index (χ2v) is 4.79. The molecule has 1 heterocycles. The number of H-pyrrole nitrogens is 1. The Kier molecular flexibility index (Phi) is 4.72. The third-order valence-electron chi connectivity index (χ3n) is 3.18. The number of nitrogens with zero attached hydrogens (tertiary/aromatic N) is 1. The monoisotopic (exact) mass is 305 g/mol. The van der Waals surface area contributed by atoms with Crippen LogP contribution in [0.1, 0.15) is 29.8 Å². The van der Waals surface area contributed by atoms with E-state index >= 15 is 0 Å². The van der Waals surface area contributed by atoms with Gasteiger partial charge in [-0.25, -0.2) is 0 Å². The van der Waals surface area contributed by atoms with E-state index in [2.05, 4.69) is 10.3 Å². The number of nitrogens with one attached hydrogen (secondary N) is 2. The topological polar surface area (TPSA) is 125 Å². The van der Waals surface area contributed by atoms with E-state index < -0.39 is 10.9 Å². The molecule has 0 bridgehead atoms. The SMILES string of the molecule is O=C(O)CCCCNC(=O)c1cc2cccc([N+](=O)[O-])c2[nH]1. The number of carbonyl (C=O) groups excluding carboxylic acids is 1. The minimum absolute atomic E-state index is 0.0639. The van der Waals surface area contributed by atoms with Crippen LogP contribution in [0.5, 0.6) is 0 Å². The maximum atomic E-state index is 12.0. The third kappa shape index (κ3) is 3.60. The van der Waals surface area contributed by atoms with Crippen molar-refractivity contribution >= 4 is 28.5 Å². The molecule has 1 aromatic carbocycles. The fraction of sp³-hybridized carbons (Fsp3) is 0.286. The number of carbonyl (C=O) groups is 2. The quantitative estimate of drug-likeness (QED) is 0.410. The smallest absolute Gasteiger partial charge is 0.303 e.